The monoisotopic (exact) mass is 244 g/mol. The van der Waals surface area contributed by atoms with E-state index in [0.717, 1.165) is 11.4 Å². The molecule has 2 aromatic rings. The molecule has 94 valence electrons. The number of nitrogens with zero attached hydrogens (tertiary/aromatic N) is 1. The van der Waals surface area contributed by atoms with Crippen LogP contribution in [-0.4, -0.2) is 7.05 Å². The van der Waals surface area contributed by atoms with E-state index >= 15 is 0 Å². The Hall–Kier alpha value is -1.87. The van der Waals surface area contributed by atoms with Gasteiger partial charge in [-0.05, 0) is 36.8 Å². The summed E-state index contributed by atoms with van der Waals surface area (Å²) in [7, 11) is 1.92. The Morgan fingerprint density at radius 2 is 1.83 bits per heavy atom. The number of anilines is 2. The van der Waals surface area contributed by atoms with Crippen LogP contribution < -0.4 is 10.6 Å². The first-order valence-corrected chi connectivity index (χ1v) is 5.90. The lowest BCUT2D eigenvalue weighted by Gasteiger charge is -2.20. The van der Waals surface area contributed by atoms with Gasteiger partial charge in [-0.1, -0.05) is 18.2 Å². The standard InChI is InChI=1S/C15H17FN2/c1-11-4-3-5-13(8-11)18(2)14-7-6-12(10-17)15(16)9-14/h3-9H,10,17H2,1-2H3. The normalized spacial score (nSPS) is 10.4. The van der Waals surface area contributed by atoms with Gasteiger partial charge in [0, 0.05) is 30.5 Å². The minimum absolute atomic E-state index is 0.222. The van der Waals surface area contributed by atoms with Crippen molar-refractivity contribution >= 4 is 11.4 Å². The smallest absolute Gasteiger partial charge is 0.129 e. The summed E-state index contributed by atoms with van der Waals surface area (Å²) in [4.78, 5) is 1.95. The maximum Gasteiger partial charge on any atom is 0.129 e. The third kappa shape index (κ3) is 2.51. The molecule has 18 heavy (non-hydrogen) atoms. The Labute approximate surface area is 107 Å². The molecular formula is C15H17FN2. The van der Waals surface area contributed by atoms with E-state index in [2.05, 4.69) is 6.07 Å². The van der Waals surface area contributed by atoms with Crippen molar-refractivity contribution in [3.63, 3.8) is 0 Å². The molecule has 2 rings (SSSR count). The number of hydrogen-bond acceptors (Lipinski definition) is 2. The second kappa shape index (κ2) is 5.19. The van der Waals surface area contributed by atoms with E-state index in [4.69, 9.17) is 5.73 Å². The first kappa shape index (κ1) is 12.6. The minimum Gasteiger partial charge on any atom is -0.345 e. The lowest BCUT2D eigenvalue weighted by molar-refractivity contribution is 0.610. The number of aryl methyl sites for hydroxylation is 1. The van der Waals surface area contributed by atoms with Crippen molar-refractivity contribution in [3.8, 4) is 0 Å². The van der Waals surface area contributed by atoms with E-state index in [1.54, 1.807) is 6.07 Å². The van der Waals surface area contributed by atoms with Crippen LogP contribution in [0.3, 0.4) is 0 Å². The second-order valence-electron chi connectivity index (χ2n) is 4.38. The minimum atomic E-state index is -0.255. The summed E-state index contributed by atoms with van der Waals surface area (Å²) in [5.41, 5.74) is 9.02. The first-order valence-electron chi connectivity index (χ1n) is 5.90. The molecule has 0 atom stereocenters. The molecule has 2 aromatic carbocycles. The number of nitrogens with two attached hydrogens (primary N) is 1. The van der Waals surface area contributed by atoms with Gasteiger partial charge in [0.2, 0.25) is 0 Å². The van der Waals surface area contributed by atoms with Crippen LogP contribution in [0, 0.1) is 12.7 Å². The van der Waals surface area contributed by atoms with Crippen molar-refractivity contribution < 1.29 is 4.39 Å². The number of rotatable bonds is 3. The largest absolute Gasteiger partial charge is 0.345 e. The number of hydrogen-bond donors (Lipinski definition) is 1. The Bertz CT molecular complexity index is 552. The maximum absolute atomic E-state index is 13.7. The summed E-state index contributed by atoms with van der Waals surface area (Å²) in [6.07, 6.45) is 0. The highest BCUT2D eigenvalue weighted by atomic mass is 19.1. The van der Waals surface area contributed by atoms with Gasteiger partial charge in [0.25, 0.3) is 0 Å². The second-order valence-corrected chi connectivity index (χ2v) is 4.38. The lowest BCUT2D eigenvalue weighted by atomic mass is 10.1. The van der Waals surface area contributed by atoms with Crippen molar-refractivity contribution in [3.05, 3.63) is 59.4 Å². The predicted molar refractivity (Wildman–Crippen MR) is 73.5 cm³/mol. The third-order valence-corrected chi connectivity index (χ3v) is 3.03. The van der Waals surface area contributed by atoms with Gasteiger partial charge in [-0.3, -0.25) is 0 Å². The maximum atomic E-state index is 13.7. The summed E-state index contributed by atoms with van der Waals surface area (Å²) in [6, 6.07) is 13.2. The van der Waals surface area contributed by atoms with Crippen LogP contribution in [0.1, 0.15) is 11.1 Å². The van der Waals surface area contributed by atoms with Gasteiger partial charge in [-0.15, -0.1) is 0 Å². The molecular weight excluding hydrogens is 227 g/mol. The summed E-state index contributed by atoms with van der Waals surface area (Å²) in [6.45, 7) is 2.26. The van der Waals surface area contributed by atoms with E-state index in [1.807, 2.05) is 43.1 Å². The van der Waals surface area contributed by atoms with Crippen molar-refractivity contribution in [2.45, 2.75) is 13.5 Å². The van der Waals surface area contributed by atoms with E-state index in [9.17, 15) is 4.39 Å². The average Bonchev–Trinajstić information content (AvgIpc) is 2.37. The Balaban J connectivity index is 2.34. The zero-order chi connectivity index (χ0) is 13.1. The van der Waals surface area contributed by atoms with Crippen molar-refractivity contribution in [1.29, 1.82) is 0 Å². The van der Waals surface area contributed by atoms with Gasteiger partial charge in [-0.2, -0.15) is 0 Å². The Kier molecular flexibility index (Phi) is 3.63. The van der Waals surface area contributed by atoms with Gasteiger partial charge >= 0.3 is 0 Å². The molecule has 0 saturated carbocycles. The van der Waals surface area contributed by atoms with E-state index in [1.165, 1.54) is 11.6 Å². The molecule has 0 radical (unpaired) electrons. The summed E-state index contributed by atoms with van der Waals surface area (Å²) in [5, 5.41) is 0. The first-order chi connectivity index (χ1) is 8.61. The molecule has 0 spiro atoms. The van der Waals surface area contributed by atoms with Gasteiger partial charge in [-0.25, -0.2) is 4.39 Å². The Morgan fingerprint density at radius 1 is 1.11 bits per heavy atom. The van der Waals surface area contributed by atoms with E-state index in [0.29, 0.717) is 5.56 Å². The van der Waals surface area contributed by atoms with Gasteiger partial charge in [0.1, 0.15) is 5.82 Å². The van der Waals surface area contributed by atoms with Gasteiger partial charge in [0.15, 0.2) is 0 Å². The van der Waals surface area contributed by atoms with Gasteiger partial charge in [0.05, 0.1) is 0 Å². The molecule has 0 fully saturated rings. The zero-order valence-corrected chi connectivity index (χ0v) is 10.7. The molecule has 0 aliphatic carbocycles. The zero-order valence-electron chi connectivity index (χ0n) is 10.7. The molecule has 2 nitrogen and oxygen atoms in total. The van der Waals surface area contributed by atoms with Gasteiger partial charge < -0.3 is 10.6 Å². The fraction of sp³-hybridized carbons (Fsp3) is 0.200. The quantitative estimate of drug-likeness (QED) is 0.897. The highest BCUT2D eigenvalue weighted by Gasteiger charge is 2.07. The third-order valence-electron chi connectivity index (χ3n) is 3.03. The molecule has 0 amide bonds. The summed E-state index contributed by atoms with van der Waals surface area (Å²) in [5.74, 6) is -0.255. The van der Waals surface area contributed by atoms with Crippen molar-refractivity contribution in [1.82, 2.24) is 0 Å². The average molecular weight is 244 g/mol. The lowest BCUT2D eigenvalue weighted by Crippen LogP contribution is -2.10. The molecule has 2 N–H and O–H groups in total. The van der Waals surface area contributed by atoms with E-state index < -0.39 is 0 Å². The molecule has 0 bridgehead atoms. The molecule has 3 heteroatoms. The molecule has 0 aromatic heterocycles. The van der Waals surface area contributed by atoms with Crippen LogP contribution in [0.4, 0.5) is 15.8 Å². The highest BCUT2D eigenvalue weighted by molar-refractivity contribution is 5.63. The van der Waals surface area contributed by atoms with Crippen LogP contribution in [0.5, 0.6) is 0 Å². The summed E-state index contributed by atoms with van der Waals surface area (Å²) >= 11 is 0. The molecule has 0 aliphatic heterocycles. The summed E-state index contributed by atoms with van der Waals surface area (Å²) < 4.78 is 13.7. The van der Waals surface area contributed by atoms with Crippen LogP contribution in [0.2, 0.25) is 0 Å². The molecule has 0 unspecified atom stereocenters. The topological polar surface area (TPSA) is 29.3 Å². The fourth-order valence-corrected chi connectivity index (χ4v) is 1.90. The Morgan fingerprint density at radius 3 is 2.44 bits per heavy atom. The van der Waals surface area contributed by atoms with Crippen molar-refractivity contribution in [2.24, 2.45) is 5.73 Å². The van der Waals surface area contributed by atoms with Crippen LogP contribution in [0.15, 0.2) is 42.5 Å². The SMILES string of the molecule is Cc1cccc(N(C)c2ccc(CN)c(F)c2)c1. The van der Waals surface area contributed by atoms with Crippen LogP contribution in [-0.2, 0) is 6.54 Å². The number of benzene rings is 2. The predicted octanol–water partition coefficient (Wildman–Crippen LogP) is 3.36. The molecule has 0 heterocycles. The fourth-order valence-electron chi connectivity index (χ4n) is 1.90. The van der Waals surface area contributed by atoms with Crippen molar-refractivity contribution in [2.75, 3.05) is 11.9 Å². The molecule has 0 aliphatic rings. The van der Waals surface area contributed by atoms with E-state index in [-0.39, 0.29) is 12.4 Å². The number of halogens is 1. The van der Waals surface area contributed by atoms with Crippen LogP contribution in [0.25, 0.3) is 0 Å². The highest BCUT2D eigenvalue weighted by Crippen LogP contribution is 2.25. The van der Waals surface area contributed by atoms with Crippen LogP contribution >= 0.6 is 0 Å². The molecule has 0 saturated heterocycles.